The molecule has 1 saturated carbocycles. The van der Waals surface area contributed by atoms with Gasteiger partial charge in [-0.2, -0.15) is 0 Å². The Kier molecular flexibility index (Phi) is 4.12. The van der Waals surface area contributed by atoms with E-state index in [4.69, 9.17) is 0 Å². The Balaban J connectivity index is 1.79. The number of hydrogen-bond acceptors (Lipinski definition) is 2. The van der Waals surface area contributed by atoms with Crippen LogP contribution in [0, 0.1) is 0 Å². The average molecular weight is 313 g/mol. The highest BCUT2D eigenvalue weighted by molar-refractivity contribution is 7.84. The fraction of sp³-hybridized carbons (Fsp3) is 0.278. The van der Waals surface area contributed by atoms with Gasteiger partial charge in [-0.3, -0.25) is 9.00 Å². The lowest BCUT2D eigenvalue weighted by Gasteiger charge is -2.43. The minimum atomic E-state index is -1.02. The van der Waals surface area contributed by atoms with E-state index in [1.54, 1.807) is 30.5 Å². The molecule has 3 rings (SSSR count). The molecule has 1 aliphatic rings. The average Bonchev–Trinajstić information content (AvgIpc) is 2.51. The van der Waals surface area contributed by atoms with Gasteiger partial charge in [-0.15, -0.1) is 0 Å². The van der Waals surface area contributed by atoms with Crippen LogP contribution in [0.3, 0.4) is 0 Å². The first-order chi connectivity index (χ1) is 10.6. The van der Waals surface area contributed by atoms with Gasteiger partial charge in [0, 0.05) is 27.5 Å². The summed E-state index contributed by atoms with van der Waals surface area (Å²) in [6.45, 7) is 0. The summed E-state index contributed by atoms with van der Waals surface area (Å²) in [5, 5.41) is 3.20. The van der Waals surface area contributed by atoms with E-state index in [1.165, 1.54) is 5.56 Å². The molecule has 0 aromatic heterocycles. The molecule has 22 heavy (non-hydrogen) atoms. The van der Waals surface area contributed by atoms with Crippen LogP contribution in [0.5, 0.6) is 0 Å². The predicted octanol–water partition coefficient (Wildman–Crippen LogP) is 3.23. The molecule has 1 fully saturated rings. The summed E-state index contributed by atoms with van der Waals surface area (Å²) in [6, 6.07) is 17.1. The first-order valence-corrected chi connectivity index (χ1v) is 8.98. The molecule has 1 N–H and O–H groups in total. The molecule has 2 aromatic rings. The number of nitrogens with one attached hydrogen (secondary N) is 1. The molecule has 3 nitrogen and oxygen atoms in total. The van der Waals surface area contributed by atoms with Crippen LogP contribution in [0.25, 0.3) is 0 Å². The van der Waals surface area contributed by atoms with E-state index in [1.807, 2.05) is 18.2 Å². The van der Waals surface area contributed by atoms with E-state index in [0.29, 0.717) is 5.56 Å². The summed E-state index contributed by atoms with van der Waals surface area (Å²) in [5.41, 5.74) is 1.54. The number of carbonyl (C=O) groups excluding carboxylic acids is 1. The second-order valence-corrected chi connectivity index (χ2v) is 7.11. The topological polar surface area (TPSA) is 46.2 Å². The third kappa shape index (κ3) is 2.83. The summed E-state index contributed by atoms with van der Waals surface area (Å²) in [6.07, 6.45) is 4.70. The fourth-order valence-corrected chi connectivity index (χ4v) is 3.38. The lowest BCUT2D eigenvalue weighted by atomic mass is 9.71. The summed E-state index contributed by atoms with van der Waals surface area (Å²) in [4.78, 5) is 13.3. The van der Waals surface area contributed by atoms with Crippen molar-refractivity contribution in [2.24, 2.45) is 0 Å². The van der Waals surface area contributed by atoms with E-state index < -0.39 is 10.8 Å². The summed E-state index contributed by atoms with van der Waals surface area (Å²) in [5.74, 6) is -0.0722. The van der Waals surface area contributed by atoms with Gasteiger partial charge in [-0.05, 0) is 49.1 Å². The maximum Gasteiger partial charge on any atom is 0.251 e. The van der Waals surface area contributed by atoms with Crippen molar-refractivity contribution in [2.45, 2.75) is 29.7 Å². The third-order valence-corrected chi connectivity index (χ3v) is 5.27. The molecule has 114 valence electrons. The molecule has 0 aliphatic heterocycles. The van der Waals surface area contributed by atoms with Gasteiger partial charge < -0.3 is 5.32 Å². The van der Waals surface area contributed by atoms with Crippen molar-refractivity contribution in [3.63, 3.8) is 0 Å². The largest absolute Gasteiger partial charge is 0.343 e. The second-order valence-electron chi connectivity index (χ2n) is 5.73. The molecule has 0 radical (unpaired) electrons. The minimum absolute atomic E-state index is 0.0722. The summed E-state index contributed by atoms with van der Waals surface area (Å²) < 4.78 is 11.4. The zero-order chi connectivity index (χ0) is 15.6. The van der Waals surface area contributed by atoms with Gasteiger partial charge in [-0.1, -0.05) is 30.3 Å². The van der Waals surface area contributed by atoms with Crippen molar-refractivity contribution in [3.05, 3.63) is 65.7 Å². The Bertz CT molecular complexity index is 691. The molecule has 0 heterocycles. The molecular formula is C18H19NO2S. The quantitative estimate of drug-likeness (QED) is 0.942. The van der Waals surface area contributed by atoms with E-state index in [0.717, 1.165) is 24.2 Å². The highest BCUT2D eigenvalue weighted by Gasteiger charge is 2.39. The molecule has 1 atom stereocenters. The molecule has 0 bridgehead atoms. The highest BCUT2D eigenvalue weighted by Crippen LogP contribution is 2.41. The summed E-state index contributed by atoms with van der Waals surface area (Å²) in [7, 11) is -1.02. The standard InChI is InChI=1S/C18H19NO2S/c1-22(21)16-10-8-14(9-11-16)17(20)19-18(12-5-13-18)15-6-3-2-4-7-15/h2-4,6-11H,5,12-13H2,1H3,(H,19,20). The first kappa shape index (κ1) is 15.0. The lowest BCUT2D eigenvalue weighted by Crippen LogP contribution is -2.50. The van der Waals surface area contributed by atoms with E-state index in [2.05, 4.69) is 17.4 Å². The van der Waals surface area contributed by atoms with Gasteiger partial charge in [0.1, 0.15) is 0 Å². The van der Waals surface area contributed by atoms with Crippen LogP contribution < -0.4 is 5.32 Å². The number of rotatable bonds is 4. The monoisotopic (exact) mass is 313 g/mol. The van der Waals surface area contributed by atoms with Crippen molar-refractivity contribution in [2.75, 3.05) is 6.26 Å². The molecule has 1 amide bonds. The lowest BCUT2D eigenvalue weighted by molar-refractivity contribution is 0.0823. The van der Waals surface area contributed by atoms with Crippen molar-refractivity contribution in [1.29, 1.82) is 0 Å². The van der Waals surface area contributed by atoms with Crippen LogP contribution in [0.4, 0.5) is 0 Å². The molecule has 0 spiro atoms. The van der Waals surface area contributed by atoms with Gasteiger partial charge in [0.15, 0.2) is 0 Å². The number of amides is 1. The minimum Gasteiger partial charge on any atom is -0.343 e. The van der Waals surface area contributed by atoms with Gasteiger partial charge in [0.25, 0.3) is 5.91 Å². The molecule has 1 aliphatic carbocycles. The van der Waals surface area contributed by atoms with E-state index >= 15 is 0 Å². The van der Waals surface area contributed by atoms with Crippen LogP contribution >= 0.6 is 0 Å². The normalized spacial score (nSPS) is 17.3. The Morgan fingerprint density at radius 1 is 1.05 bits per heavy atom. The van der Waals surface area contributed by atoms with Gasteiger partial charge in [0.2, 0.25) is 0 Å². The Morgan fingerprint density at radius 2 is 1.68 bits per heavy atom. The second kappa shape index (κ2) is 6.05. The van der Waals surface area contributed by atoms with Crippen molar-refractivity contribution in [1.82, 2.24) is 5.32 Å². The van der Waals surface area contributed by atoms with Crippen LogP contribution in [-0.2, 0) is 16.3 Å². The number of benzene rings is 2. The predicted molar refractivity (Wildman–Crippen MR) is 88.2 cm³/mol. The Labute approximate surface area is 133 Å². The molecule has 4 heteroatoms. The Morgan fingerprint density at radius 3 is 2.18 bits per heavy atom. The van der Waals surface area contributed by atoms with Crippen molar-refractivity contribution in [3.8, 4) is 0 Å². The highest BCUT2D eigenvalue weighted by atomic mass is 32.2. The molecular weight excluding hydrogens is 294 g/mol. The van der Waals surface area contributed by atoms with Crippen molar-refractivity contribution < 1.29 is 9.00 Å². The summed E-state index contributed by atoms with van der Waals surface area (Å²) >= 11 is 0. The zero-order valence-electron chi connectivity index (χ0n) is 12.5. The van der Waals surface area contributed by atoms with Crippen LogP contribution in [0.15, 0.2) is 59.5 Å². The Hall–Kier alpha value is -1.94. The van der Waals surface area contributed by atoms with Gasteiger partial charge >= 0.3 is 0 Å². The molecule has 0 saturated heterocycles. The third-order valence-electron chi connectivity index (χ3n) is 4.33. The maximum atomic E-state index is 12.5. The van der Waals surface area contributed by atoms with Crippen molar-refractivity contribution >= 4 is 16.7 Å². The SMILES string of the molecule is CS(=O)c1ccc(C(=O)NC2(c3ccccc3)CCC2)cc1. The first-order valence-electron chi connectivity index (χ1n) is 7.42. The number of carbonyl (C=O) groups is 1. The smallest absolute Gasteiger partial charge is 0.251 e. The van der Waals surface area contributed by atoms with Crippen LogP contribution in [-0.4, -0.2) is 16.4 Å². The van der Waals surface area contributed by atoms with Crippen LogP contribution in [0.1, 0.15) is 35.2 Å². The number of hydrogen-bond donors (Lipinski definition) is 1. The zero-order valence-corrected chi connectivity index (χ0v) is 13.4. The fourth-order valence-electron chi connectivity index (χ4n) is 2.86. The van der Waals surface area contributed by atoms with Crippen LogP contribution in [0.2, 0.25) is 0 Å². The van der Waals surface area contributed by atoms with Gasteiger partial charge in [-0.25, -0.2) is 0 Å². The maximum absolute atomic E-state index is 12.5. The molecule has 2 aromatic carbocycles. The van der Waals surface area contributed by atoms with Gasteiger partial charge in [0.05, 0.1) is 5.54 Å². The van der Waals surface area contributed by atoms with E-state index in [-0.39, 0.29) is 11.4 Å². The molecule has 1 unspecified atom stereocenters. The van der Waals surface area contributed by atoms with E-state index in [9.17, 15) is 9.00 Å².